The highest BCUT2D eigenvalue weighted by Gasteiger charge is 2.09. The topological polar surface area (TPSA) is 32.3 Å². The number of carbonyl (C=O) groups excluding carboxylic acids is 1. The van der Waals surface area contributed by atoms with Gasteiger partial charge in [0.05, 0.1) is 0 Å². The summed E-state index contributed by atoms with van der Waals surface area (Å²) in [6, 6.07) is 6.30. The standard InChI is InChI=1S/C15H21FN2O/c1-3-11-18(12-4-2)15(19)17-10-9-13-7-5-6-8-14(13)16/h5-10H,3-4,11-12H2,1-2H3,(H,17,19)/b10-9+. The number of amides is 2. The number of nitrogens with zero attached hydrogens (tertiary/aromatic N) is 1. The van der Waals surface area contributed by atoms with Crippen LogP contribution in [0.25, 0.3) is 6.08 Å². The van der Waals surface area contributed by atoms with Crippen molar-refractivity contribution in [3.63, 3.8) is 0 Å². The number of carbonyl (C=O) groups is 1. The Morgan fingerprint density at radius 3 is 2.47 bits per heavy atom. The smallest absolute Gasteiger partial charge is 0.321 e. The van der Waals surface area contributed by atoms with E-state index in [1.54, 1.807) is 29.2 Å². The van der Waals surface area contributed by atoms with E-state index in [4.69, 9.17) is 0 Å². The minimum absolute atomic E-state index is 0.142. The largest absolute Gasteiger partial charge is 0.325 e. The Bertz CT molecular complexity index is 426. The molecule has 1 N–H and O–H groups in total. The van der Waals surface area contributed by atoms with E-state index in [-0.39, 0.29) is 11.8 Å². The number of nitrogens with one attached hydrogen (secondary N) is 1. The van der Waals surface area contributed by atoms with Crippen LogP contribution in [0.15, 0.2) is 30.5 Å². The Balaban J connectivity index is 2.55. The van der Waals surface area contributed by atoms with Crippen molar-refractivity contribution in [3.8, 4) is 0 Å². The van der Waals surface area contributed by atoms with Gasteiger partial charge < -0.3 is 10.2 Å². The van der Waals surface area contributed by atoms with Crippen LogP contribution in [0.1, 0.15) is 32.3 Å². The molecule has 0 aliphatic heterocycles. The lowest BCUT2D eigenvalue weighted by molar-refractivity contribution is 0.201. The number of hydrogen-bond acceptors (Lipinski definition) is 1. The van der Waals surface area contributed by atoms with Crippen LogP contribution in [0, 0.1) is 5.82 Å². The molecule has 0 spiro atoms. The van der Waals surface area contributed by atoms with E-state index in [2.05, 4.69) is 5.32 Å². The molecule has 104 valence electrons. The number of hydrogen-bond donors (Lipinski definition) is 1. The molecule has 0 saturated heterocycles. The van der Waals surface area contributed by atoms with Crippen molar-refractivity contribution in [1.82, 2.24) is 10.2 Å². The van der Waals surface area contributed by atoms with Crippen LogP contribution in [0.2, 0.25) is 0 Å². The summed E-state index contributed by atoms with van der Waals surface area (Å²) in [7, 11) is 0. The molecule has 0 unspecified atom stereocenters. The Kier molecular flexibility index (Phi) is 6.64. The molecule has 3 nitrogen and oxygen atoms in total. The Labute approximate surface area is 114 Å². The maximum Gasteiger partial charge on any atom is 0.321 e. The molecular formula is C15H21FN2O. The first-order valence-corrected chi connectivity index (χ1v) is 6.65. The van der Waals surface area contributed by atoms with Gasteiger partial charge in [0.15, 0.2) is 0 Å². The monoisotopic (exact) mass is 264 g/mol. The third kappa shape index (κ3) is 5.12. The minimum Gasteiger partial charge on any atom is -0.325 e. The average Bonchev–Trinajstić information content (AvgIpc) is 2.40. The fraction of sp³-hybridized carbons (Fsp3) is 0.400. The number of halogens is 1. The van der Waals surface area contributed by atoms with Crippen molar-refractivity contribution in [2.45, 2.75) is 26.7 Å². The SMILES string of the molecule is CCCN(CCC)C(=O)N/C=C/c1ccccc1F. The zero-order chi connectivity index (χ0) is 14.1. The average molecular weight is 264 g/mol. The molecule has 0 heterocycles. The molecule has 0 aliphatic rings. The molecule has 0 fully saturated rings. The molecule has 0 saturated carbocycles. The van der Waals surface area contributed by atoms with E-state index >= 15 is 0 Å². The molecule has 4 heteroatoms. The highest BCUT2D eigenvalue weighted by atomic mass is 19.1. The second-order valence-electron chi connectivity index (χ2n) is 4.29. The van der Waals surface area contributed by atoms with E-state index in [1.807, 2.05) is 13.8 Å². The Morgan fingerprint density at radius 1 is 1.26 bits per heavy atom. The molecule has 0 aromatic heterocycles. The Hall–Kier alpha value is -1.84. The lowest BCUT2D eigenvalue weighted by atomic mass is 10.2. The summed E-state index contributed by atoms with van der Waals surface area (Å²) in [4.78, 5) is 13.6. The maximum atomic E-state index is 13.3. The van der Waals surface area contributed by atoms with Crippen molar-refractivity contribution in [3.05, 3.63) is 41.8 Å². The van der Waals surface area contributed by atoms with E-state index in [0.717, 1.165) is 25.9 Å². The van der Waals surface area contributed by atoms with Crippen molar-refractivity contribution >= 4 is 12.1 Å². The quantitative estimate of drug-likeness (QED) is 0.836. The van der Waals surface area contributed by atoms with Gasteiger partial charge in [-0.05, 0) is 25.0 Å². The minimum atomic E-state index is -0.299. The van der Waals surface area contributed by atoms with Gasteiger partial charge >= 0.3 is 6.03 Å². The van der Waals surface area contributed by atoms with Crippen LogP contribution in [0.3, 0.4) is 0 Å². The summed E-state index contributed by atoms with van der Waals surface area (Å²) in [6.45, 7) is 5.52. The lowest BCUT2D eigenvalue weighted by Gasteiger charge is -2.20. The van der Waals surface area contributed by atoms with Crippen LogP contribution >= 0.6 is 0 Å². The number of benzene rings is 1. The summed E-state index contributed by atoms with van der Waals surface area (Å²) in [6.07, 6.45) is 4.89. The van der Waals surface area contributed by atoms with Gasteiger partial charge in [0, 0.05) is 24.9 Å². The highest BCUT2D eigenvalue weighted by Crippen LogP contribution is 2.07. The highest BCUT2D eigenvalue weighted by molar-refractivity contribution is 5.76. The second kappa shape index (κ2) is 8.29. The molecule has 1 aromatic rings. The third-order valence-corrected chi connectivity index (χ3v) is 2.65. The molecule has 2 amide bonds. The van der Waals surface area contributed by atoms with Gasteiger partial charge in [-0.1, -0.05) is 32.0 Å². The second-order valence-corrected chi connectivity index (χ2v) is 4.29. The molecule has 1 rings (SSSR count). The summed E-state index contributed by atoms with van der Waals surface area (Å²) < 4.78 is 13.3. The van der Waals surface area contributed by atoms with Gasteiger partial charge in [-0.25, -0.2) is 9.18 Å². The van der Waals surface area contributed by atoms with Crippen LogP contribution in [0.5, 0.6) is 0 Å². The Morgan fingerprint density at radius 2 is 1.89 bits per heavy atom. The van der Waals surface area contributed by atoms with E-state index < -0.39 is 0 Å². The summed E-state index contributed by atoms with van der Waals surface area (Å²) in [5.41, 5.74) is 0.459. The molecule has 0 radical (unpaired) electrons. The van der Waals surface area contributed by atoms with E-state index in [9.17, 15) is 9.18 Å². The van der Waals surface area contributed by atoms with Gasteiger partial charge in [-0.3, -0.25) is 0 Å². The molecule has 0 atom stereocenters. The van der Waals surface area contributed by atoms with Crippen molar-refractivity contribution in [1.29, 1.82) is 0 Å². The van der Waals surface area contributed by atoms with Crippen molar-refractivity contribution in [2.75, 3.05) is 13.1 Å². The molecule has 0 aliphatic carbocycles. The summed E-state index contributed by atoms with van der Waals surface area (Å²) in [5.74, 6) is -0.299. The van der Waals surface area contributed by atoms with Gasteiger partial charge in [0.25, 0.3) is 0 Å². The third-order valence-electron chi connectivity index (χ3n) is 2.65. The lowest BCUT2D eigenvalue weighted by Crippen LogP contribution is -2.38. The predicted molar refractivity (Wildman–Crippen MR) is 76.1 cm³/mol. The van der Waals surface area contributed by atoms with Crippen LogP contribution in [0.4, 0.5) is 9.18 Å². The molecule has 19 heavy (non-hydrogen) atoms. The fourth-order valence-corrected chi connectivity index (χ4v) is 1.76. The summed E-state index contributed by atoms with van der Waals surface area (Å²) >= 11 is 0. The van der Waals surface area contributed by atoms with Gasteiger partial charge in [-0.2, -0.15) is 0 Å². The fourth-order valence-electron chi connectivity index (χ4n) is 1.76. The zero-order valence-electron chi connectivity index (χ0n) is 11.5. The maximum absolute atomic E-state index is 13.3. The van der Waals surface area contributed by atoms with Gasteiger partial charge in [0.2, 0.25) is 0 Å². The van der Waals surface area contributed by atoms with Crippen molar-refractivity contribution < 1.29 is 9.18 Å². The number of urea groups is 1. The predicted octanol–water partition coefficient (Wildman–Crippen LogP) is 3.63. The van der Waals surface area contributed by atoms with Crippen molar-refractivity contribution in [2.24, 2.45) is 0 Å². The van der Waals surface area contributed by atoms with Gasteiger partial charge in [0.1, 0.15) is 5.82 Å². The normalized spacial score (nSPS) is 10.7. The molecule has 0 bridgehead atoms. The first kappa shape index (κ1) is 15.2. The zero-order valence-corrected chi connectivity index (χ0v) is 11.5. The molecule has 1 aromatic carbocycles. The van der Waals surface area contributed by atoms with E-state index in [1.165, 1.54) is 12.3 Å². The molecular weight excluding hydrogens is 243 g/mol. The van der Waals surface area contributed by atoms with Crippen LogP contribution < -0.4 is 5.32 Å². The van der Waals surface area contributed by atoms with Gasteiger partial charge in [-0.15, -0.1) is 0 Å². The summed E-state index contributed by atoms with van der Waals surface area (Å²) in [5, 5.41) is 2.67. The van der Waals surface area contributed by atoms with Crippen LogP contribution in [-0.2, 0) is 0 Å². The number of rotatable bonds is 6. The van der Waals surface area contributed by atoms with E-state index in [0.29, 0.717) is 5.56 Å². The first-order valence-electron chi connectivity index (χ1n) is 6.65. The van der Waals surface area contributed by atoms with Crippen LogP contribution in [-0.4, -0.2) is 24.0 Å². The first-order chi connectivity index (χ1) is 9.19.